The highest BCUT2D eigenvalue weighted by atomic mass is 32.1. The van der Waals surface area contributed by atoms with Crippen LogP contribution in [-0.2, 0) is 0 Å². The van der Waals surface area contributed by atoms with Crippen molar-refractivity contribution < 1.29 is 4.79 Å². The Morgan fingerprint density at radius 2 is 2.35 bits per heavy atom. The largest absolute Gasteiger partial charge is 0.360 e. The maximum Gasteiger partial charge on any atom is 0.253 e. The third kappa shape index (κ3) is 2.70. The molecule has 1 aliphatic heterocycles. The smallest absolute Gasteiger partial charge is 0.253 e. The first kappa shape index (κ1) is 14.3. The molecule has 1 aliphatic rings. The Balaban J connectivity index is 1.45. The summed E-state index contributed by atoms with van der Waals surface area (Å²) in [7, 11) is 0. The van der Waals surface area contributed by atoms with Gasteiger partial charge in [-0.1, -0.05) is 18.2 Å². The minimum atomic E-state index is -0.0200. The number of nitrogens with one attached hydrogen (secondary N) is 2. The van der Waals surface area contributed by atoms with Crippen molar-refractivity contribution in [2.24, 2.45) is 0 Å². The van der Waals surface area contributed by atoms with Gasteiger partial charge in [0.15, 0.2) is 5.13 Å². The van der Waals surface area contributed by atoms with E-state index in [1.807, 2.05) is 35.8 Å². The number of amides is 1. The average molecular weight is 326 g/mol. The molecule has 1 saturated heterocycles. The third-order valence-corrected chi connectivity index (χ3v) is 5.18. The zero-order valence-electron chi connectivity index (χ0n) is 12.7. The number of carbonyl (C=O) groups excluding carboxylic acids is 1. The summed E-state index contributed by atoms with van der Waals surface area (Å²) in [5.74, 6) is -0.0200. The normalized spacial score (nSPS) is 17.7. The summed E-state index contributed by atoms with van der Waals surface area (Å²) in [6.45, 7) is 1.67. The molecule has 1 fully saturated rings. The van der Waals surface area contributed by atoms with Crippen LogP contribution in [0.2, 0.25) is 0 Å². The molecule has 0 unspecified atom stereocenters. The van der Waals surface area contributed by atoms with Crippen LogP contribution in [0.15, 0.2) is 42.0 Å². The molecule has 0 aliphatic carbocycles. The molecule has 0 bridgehead atoms. The second-order valence-electron chi connectivity index (χ2n) is 5.76. The van der Waals surface area contributed by atoms with Gasteiger partial charge in [-0.25, -0.2) is 4.98 Å². The fourth-order valence-corrected chi connectivity index (χ4v) is 3.96. The number of aromatic amines is 1. The van der Waals surface area contributed by atoms with Crippen molar-refractivity contribution >= 4 is 33.3 Å². The van der Waals surface area contributed by atoms with Crippen molar-refractivity contribution in [1.82, 2.24) is 15.3 Å². The lowest BCUT2D eigenvalue weighted by molar-refractivity contribution is 0.0953. The lowest BCUT2D eigenvalue weighted by Crippen LogP contribution is -2.40. The molecule has 2 N–H and O–H groups in total. The first-order chi connectivity index (χ1) is 11.3. The maximum atomic E-state index is 12.5. The Hall–Kier alpha value is -2.34. The molecule has 2 aromatic heterocycles. The summed E-state index contributed by atoms with van der Waals surface area (Å²) in [4.78, 5) is 22.4. The molecular weight excluding hydrogens is 308 g/mol. The van der Waals surface area contributed by atoms with Gasteiger partial charge in [0.05, 0.1) is 5.56 Å². The molecule has 5 nitrogen and oxygen atoms in total. The van der Waals surface area contributed by atoms with Crippen LogP contribution in [-0.4, -0.2) is 35.0 Å². The van der Waals surface area contributed by atoms with Gasteiger partial charge in [0, 0.05) is 47.8 Å². The van der Waals surface area contributed by atoms with Crippen LogP contribution >= 0.6 is 11.3 Å². The van der Waals surface area contributed by atoms with Gasteiger partial charge < -0.3 is 15.2 Å². The van der Waals surface area contributed by atoms with E-state index < -0.39 is 0 Å². The monoisotopic (exact) mass is 326 g/mol. The predicted octanol–water partition coefficient (Wildman–Crippen LogP) is 3.02. The Kier molecular flexibility index (Phi) is 3.75. The number of thiazole rings is 1. The standard InChI is InChI=1S/C17H18N4OS/c22-16(14-11-19-15-6-2-1-5-13(14)15)20-10-12-4-3-8-21(12)17-18-7-9-23-17/h1-2,5-7,9,11-12,19H,3-4,8,10H2,(H,20,22)/t12-/m1/s1. The van der Waals surface area contributed by atoms with E-state index in [9.17, 15) is 4.79 Å². The molecule has 3 aromatic rings. The summed E-state index contributed by atoms with van der Waals surface area (Å²) < 4.78 is 0. The molecule has 1 atom stereocenters. The highest BCUT2D eigenvalue weighted by Crippen LogP contribution is 2.27. The van der Waals surface area contributed by atoms with Crippen LogP contribution in [0, 0.1) is 0 Å². The number of hydrogen-bond acceptors (Lipinski definition) is 4. The highest BCUT2D eigenvalue weighted by Gasteiger charge is 2.26. The summed E-state index contributed by atoms with van der Waals surface area (Å²) in [5, 5.41) is 7.10. The number of carbonyl (C=O) groups is 1. The molecule has 0 spiro atoms. The van der Waals surface area contributed by atoms with Gasteiger partial charge in [0.25, 0.3) is 5.91 Å². The van der Waals surface area contributed by atoms with Gasteiger partial charge in [-0.05, 0) is 18.9 Å². The van der Waals surface area contributed by atoms with Crippen LogP contribution in [0.4, 0.5) is 5.13 Å². The number of nitrogens with zero attached hydrogens (tertiary/aromatic N) is 2. The van der Waals surface area contributed by atoms with Crippen molar-refractivity contribution in [3.05, 3.63) is 47.6 Å². The van der Waals surface area contributed by atoms with Crippen LogP contribution in [0.1, 0.15) is 23.2 Å². The van der Waals surface area contributed by atoms with Crippen molar-refractivity contribution in [3.63, 3.8) is 0 Å². The minimum Gasteiger partial charge on any atom is -0.360 e. The number of anilines is 1. The molecule has 0 radical (unpaired) electrons. The van der Waals surface area contributed by atoms with Gasteiger partial charge in [-0.3, -0.25) is 4.79 Å². The number of benzene rings is 1. The summed E-state index contributed by atoms with van der Waals surface area (Å²) >= 11 is 1.65. The molecule has 1 amide bonds. The zero-order valence-corrected chi connectivity index (χ0v) is 13.5. The van der Waals surface area contributed by atoms with Crippen LogP contribution in [0.25, 0.3) is 10.9 Å². The number of para-hydroxylation sites is 1. The van der Waals surface area contributed by atoms with E-state index in [0.29, 0.717) is 18.2 Å². The number of rotatable bonds is 4. The quantitative estimate of drug-likeness (QED) is 0.775. The molecule has 3 heterocycles. The molecule has 1 aromatic carbocycles. The van der Waals surface area contributed by atoms with Crippen LogP contribution in [0.5, 0.6) is 0 Å². The topological polar surface area (TPSA) is 61.0 Å². The van der Waals surface area contributed by atoms with Gasteiger partial charge in [0.1, 0.15) is 0 Å². The van der Waals surface area contributed by atoms with Gasteiger partial charge in [0.2, 0.25) is 0 Å². The lowest BCUT2D eigenvalue weighted by atomic mass is 10.1. The summed E-state index contributed by atoms with van der Waals surface area (Å²) in [6.07, 6.45) is 5.86. The van der Waals surface area contributed by atoms with Gasteiger partial charge in [-0.15, -0.1) is 11.3 Å². The van der Waals surface area contributed by atoms with E-state index in [1.54, 1.807) is 17.5 Å². The fourth-order valence-electron chi connectivity index (χ4n) is 3.22. The van der Waals surface area contributed by atoms with E-state index in [1.165, 1.54) is 0 Å². The first-order valence-electron chi connectivity index (χ1n) is 7.83. The summed E-state index contributed by atoms with van der Waals surface area (Å²) in [6, 6.07) is 8.19. The van der Waals surface area contributed by atoms with Crippen molar-refractivity contribution in [3.8, 4) is 0 Å². The average Bonchev–Trinajstić information content (AvgIpc) is 3.30. The van der Waals surface area contributed by atoms with E-state index in [2.05, 4.69) is 20.2 Å². The molecule has 6 heteroatoms. The summed E-state index contributed by atoms with van der Waals surface area (Å²) in [5.41, 5.74) is 1.70. The fraction of sp³-hybridized carbons (Fsp3) is 0.294. The molecule has 118 valence electrons. The molecular formula is C17H18N4OS. The van der Waals surface area contributed by atoms with Crippen molar-refractivity contribution in [2.75, 3.05) is 18.0 Å². The minimum absolute atomic E-state index is 0.0200. The first-order valence-corrected chi connectivity index (χ1v) is 8.71. The highest BCUT2D eigenvalue weighted by molar-refractivity contribution is 7.13. The van der Waals surface area contributed by atoms with Crippen molar-refractivity contribution in [1.29, 1.82) is 0 Å². The second-order valence-corrected chi connectivity index (χ2v) is 6.64. The Bertz CT molecular complexity index is 811. The van der Waals surface area contributed by atoms with Crippen molar-refractivity contribution in [2.45, 2.75) is 18.9 Å². The number of H-pyrrole nitrogens is 1. The van der Waals surface area contributed by atoms with E-state index >= 15 is 0 Å². The second kappa shape index (κ2) is 6.04. The predicted molar refractivity (Wildman–Crippen MR) is 93.1 cm³/mol. The Morgan fingerprint density at radius 3 is 3.22 bits per heavy atom. The SMILES string of the molecule is O=C(NC[C@H]1CCCN1c1nccs1)c1c[nH]c2ccccc12. The number of aromatic nitrogens is 2. The molecule has 23 heavy (non-hydrogen) atoms. The van der Waals surface area contributed by atoms with E-state index in [0.717, 1.165) is 35.4 Å². The van der Waals surface area contributed by atoms with Crippen LogP contribution < -0.4 is 10.2 Å². The van der Waals surface area contributed by atoms with E-state index in [4.69, 9.17) is 0 Å². The lowest BCUT2D eigenvalue weighted by Gasteiger charge is -2.24. The maximum absolute atomic E-state index is 12.5. The molecule has 0 saturated carbocycles. The van der Waals surface area contributed by atoms with Gasteiger partial charge in [-0.2, -0.15) is 0 Å². The van der Waals surface area contributed by atoms with Crippen LogP contribution in [0.3, 0.4) is 0 Å². The zero-order chi connectivity index (χ0) is 15.6. The molecule has 4 rings (SSSR count). The van der Waals surface area contributed by atoms with E-state index in [-0.39, 0.29) is 5.91 Å². The van der Waals surface area contributed by atoms with Gasteiger partial charge >= 0.3 is 0 Å². The Morgan fingerprint density at radius 1 is 1.43 bits per heavy atom. The number of hydrogen-bond donors (Lipinski definition) is 2. The number of fused-ring (bicyclic) bond motifs is 1. The third-order valence-electron chi connectivity index (χ3n) is 4.37. The Labute approximate surface area is 138 Å².